The van der Waals surface area contributed by atoms with Gasteiger partial charge in [-0.05, 0) is 37.6 Å². The van der Waals surface area contributed by atoms with Crippen LogP contribution in [0.1, 0.15) is 39.5 Å². The van der Waals surface area contributed by atoms with Crippen LogP contribution in [0.5, 0.6) is 0 Å². The highest BCUT2D eigenvalue weighted by Gasteiger charge is 2.34. The summed E-state index contributed by atoms with van der Waals surface area (Å²) in [4.78, 5) is 21.1. The zero-order valence-corrected chi connectivity index (χ0v) is 20.1. The molecule has 4 N–H and O–H groups in total. The first-order chi connectivity index (χ1) is 15.9. The average molecular weight is 459 g/mol. The van der Waals surface area contributed by atoms with Crippen LogP contribution in [0.15, 0.2) is 58.2 Å². The maximum Gasteiger partial charge on any atom is 0.293 e. The number of hydrogen-bond acceptors (Lipinski definition) is 8. The highest BCUT2D eigenvalue weighted by molar-refractivity contribution is 5.81. The fourth-order valence-corrected chi connectivity index (χ4v) is 3.71. The van der Waals surface area contributed by atoms with E-state index < -0.39 is 6.17 Å². The summed E-state index contributed by atoms with van der Waals surface area (Å²) in [6.45, 7) is 15.8. The summed E-state index contributed by atoms with van der Waals surface area (Å²) in [6, 6.07) is 0.332. The largest absolute Gasteiger partial charge is 0.465 e. The lowest BCUT2D eigenvalue weighted by molar-refractivity contribution is -0.120. The number of unbranched alkanes of at least 4 members (excludes halogenated alkanes) is 1. The van der Waals surface area contributed by atoms with Crippen LogP contribution in [0.4, 0.5) is 0 Å². The van der Waals surface area contributed by atoms with E-state index in [1.54, 1.807) is 0 Å². The van der Waals surface area contributed by atoms with E-state index in [4.69, 9.17) is 10.3 Å². The number of amides is 1. The quantitative estimate of drug-likeness (QED) is 0.146. The van der Waals surface area contributed by atoms with Gasteiger partial charge in [-0.15, -0.1) is 0 Å². The molecule has 1 amide bonds. The molecule has 1 unspecified atom stereocenters. The molecule has 2 aliphatic rings. The smallest absolute Gasteiger partial charge is 0.293 e. The van der Waals surface area contributed by atoms with Gasteiger partial charge in [-0.3, -0.25) is 9.69 Å². The minimum Gasteiger partial charge on any atom is -0.465 e. The third kappa shape index (κ3) is 8.14. The van der Waals surface area contributed by atoms with Crippen molar-refractivity contribution >= 4 is 11.9 Å². The number of likely N-dealkylation sites (N-methyl/N-ethyl adjacent to an activating group) is 1. The number of carbonyl (C=O) groups is 1. The summed E-state index contributed by atoms with van der Waals surface area (Å²) in [5, 5.41) is 9.44. The van der Waals surface area contributed by atoms with E-state index >= 15 is 0 Å². The van der Waals surface area contributed by atoms with E-state index in [9.17, 15) is 4.79 Å². The molecule has 2 heterocycles. The van der Waals surface area contributed by atoms with Crippen molar-refractivity contribution in [2.24, 2.45) is 10.2 Å². The minimum atomic E-state index is -0.407. The maximum absolute atomic E-state index is 12.4. The fourth-order valence-electron chi connectivity index (χ4n) is 3.71. The van der Waals surface area contributed by atoms with Crippen molar-refractivity contribution in [2.45, 2.75) is 45.7 Å². The van der Waals surface area contributed by atoms with Crippen LogP contribution in [0.2, 0.25) is 0 Å². The van der Waals surface area contributed by atoms with Crippen LogP contribution in [0.25, 0.3) is 0 Å². The Hall–Kier alpha value is -2.98. The van der Waals surface area contributed by atoms with Crippen molar-refractivity contribution in [2.75, 3.05) is 39.8 Å². The molecular weight excluding hydrogens is 420 g/mol. The van der Waals surface area contributed by atoms with Gasteiger partial charge < -0.3 is 20.3 Å². The Morgan fingerprint density at radius 1 is 1.45 bits per heavy atom. The van der Waals surface area contributed by atoms with Gasteiger partial charge in [0.25, 0.3) is 6.02 Å². The monoisotopic (exact) mass is 458 g/mol. The van der Waals surface area contributed by atoms with E-state index in [0.29, 0.717) is 37.8 Å². The molecule has 0 bridgehead atoms. The number of amidine groups is 1. The van der Waals surface area contributed by atoms with E-state index in [1.807, 2.05) is 6.08 Å². The highest BCUT2D eigenvalue weighted by atomic mass is 16.5. The van der Waals surface area contributed by atoms with Gasteiger partial charge in [-0.2, -0.15) is 10.5 Å². The van der Waals surface area contributed by atoms with Crippen molar-refractivity contribution < 1.29 is 9.53 Å². The summed E-state index contributed by atoms with van der Waals surface area (Å²) >= 11 is 0. The van der Waals surface area contributed by atoms with E-state index in [-0.39, 0.29) is 11.7 Å². The van der Waals surface area contributed by atoms with Gasteiger partial charge in [0.1, 0.15) is 11.9 Å². The Morgan fingerprint density at radius 2 is 2.24 bits per heavy atom. The third-order valence-electron chi connectivity index (χ3n) is 5.28. The van der Waals surface area contributed by atoms with Gasteiger partial charge in [0, 0.05) is 26.1 Å². The van der Waals surface area contributed by atoms with Crippen LogP contribution in [0, 0.1) is 5.53 Å². The molecule has 182 valence electrons. The number of carbonyl (C=O) groups excluding carboxylic acids is 1. The molecule has 2 aliphatic heterocycles. The second-order valence-electron chi connectivity index (χ2n) is 8.24. The Labute approximate surface area is 197 Å². The van der Waals surface area contributed by atoms with E-state index in [0.717, 1.165) is 43.5 Å². The Balaban J connectivity index is 2.24. The molecule has 0 aromatic rings. The zero-order chi connectivity index (χ0) is 24.2. The number of nitrogens with zero attached hydrogens (tertiary/aromatic N) is 4. The first-order valence-corrected chi connectivity index (χ1v) is 11.5. The van der Waals surface area contributed by atoms with Gasteiger partial charge in [0.15, 0.2) is 5.82 Å². The van der Waals surface area contributed by atoms with Crippen LogP contribution >= 0.6 is 0 Å². The van der Waals surface area contributed by atoms with E-state index in [2.05, 4.69) is 76.2 Å². The molecular formula is C23H38N8O2. The fraction of sp³-hybridized carbons (Fsp3) is 0.565. The predicted molar refractivity (Wildman–Crippen MR) is 130 cm³/mol. The van der Waals surface area contributed by atoms with Crippen molar-refractivity contribution in [3.05, 3.63) is 48.0 Å². The SMILES string of the molecule is C=C/C(=C\C(=C)CN1CCC(=O)NC2=C(NN=N)N=C(OCCCC)NC21)CN(C)CCC. The standard InChI is InChI=1S/C23H38N8O2/c1-6-9-13-33-23-26-21(28-29-24)20-22(27-23)31(12-10-19(32)25-20)15-17(4)14-18(8-3)16-30(5)11-7-2/h8,14,22H,3-4,6-7,9-13,15-16H2,1-2,5H3,(H2,24,28)(H,25,32)(H,26,27)/b18-14+. The van der Waals surface area contributed by atoms with Gasteiger partial charge >= 0.3 is 0 Å². The van der Waals surface area contributed by atoms with Gasteiger partial charge in [0.05, 0.1) is 6.61 Å². The summed E-state index contributed by atoms with van der Waals surface area (Å²) in [5.74, 6) is 0.165. The molecule has 0 aromatic heterocycles. The lowest BCUT2D eigenvalue weighted by atomic mass is 10.1. The predicted octanol–water partition coefficient (Wildman–Crippen LogP) is 2.63. The van der Waals surface area contributed by atoms with E-state index in [1.165, 1.54) is 0 Å². The van der Waals surface area contributed by atoms with Crippen LogP contribution < -0.4 is 16.1 Å². The normalized spacial score (nSPS) is 19.2. The molecule has 0 aliphatic carbocycles. The first-order valence-electron chi connectivity index (χ1n) is 11.5. The molecule has 1 atom stereocenters. The molecule has 2 rings (SSSR count). The molecule has 0 saturated carbocycles. The topological polar surface area (TPSA) is 117 Å². The molecule has 1 fully saturated rings. The number of aliphatic imine (C=N–C) groups is 1. The zero-order valence-electron chi connectivity index (χ0n) is 20.1. The van der Waals surface area contributed by atoms with Gasteiger partial charge in [-0.25, -0.2) is 5.43 Å². The number of ether oxygens (including phenoxy) is 1. The minimum absolute atomic E-state index is 0.122. The summed E-state index contributed by atoms with van der Waals surface area (Å²) in [5.41, 5.74) is 12.3. The Bertz CT molecular complexity index is 817. The molecule has 0 radical (unpaired) electrons. The second-order valence-corrected chi connectivity index (χ2v) is 8.24. The summed E-state index contributed by atoms with van der Waals surface area (Å²) in [6.07, 6.45) is 6.81. The van der Waals surface area contributed by atoms with Crippen LogP contribution in [-0.4, -0.2) is 67.7 Å². The number of fused-ring (bicyclic) bond motifs is 1. The lowest BCUT2D eigenvalue weighted by Gasteiger charge is -2.35. The van der Waals surface area contributed by atoms with Crippen LogP contribution in [-0.2, 0) is 9.53 Å². The Kier molecular flexibility index (Phi) is 10.8. The summed E-state index contributed by atoms with van der Waals surface area (Å²) < 4.78 is 5.79. The number of nitrogens with one attached hydrogen (secondary N) is 4. The molecule has 33 heavy (non-hydrogen) atoms. The lowest BCUT2D eigenvalue weighted by Crippen LogP contribution is -2.54. The van der Waals surface area contributed by atoms with Crippen molar-refractivity contribution in [1.82, 2.24) is 25.9 Å². The molecule has 10 heteroatoms. The summed E-state index contributed by atoms with van der Waals surface area (Å²) in [7, 11) is 2.09. The molecule has 10 nitrogen and oxygen atoms in total. The number of hydrogen-bond donors (Lipinski definition) is 4. The van der Waals surface area contributed by atoms with Crippen molar-refractivity contribution in [1.29, 1.82) is 5.53 Å². The molecule has 0 spiro atoms. The third-order valence-corrected chi connectivity index (χ3v) is 5.28. The van der Waals surface area contributed by atoms with Gasteiger partial charge in [0.2, 0.25) is 5.91 Å². The highest BCUT2D eigenvalue weighted by Crippen LogP contribution is 2.20. The van der Waals surface area contributed by atoms with Crippen molar-refractivity contribution in [3.63, 3.8) is 0 Å². The Morgan fingerprint density at radius 3 is 2.91 bits per heavy atom. The number of rotatable bonds is 13. The van der Waals surface area contributed by atoms with Gasteiger partial charge in [-0.1, -0.05) is 50.8 Å². The first kappa shape index (κ1) is 26.3. The maximum atomic E-state index is 12.4. The van der Waals surface area contributed by atoms with Crippen LogP contribution in [0.3, 0.4) is 0 Å². The second kappa shape index (κ2) is 13.5. The molecule has 0 aromatic carbocycles. The average Bonchev–Trinajstić information content (AvgIpc) is 2.93. The molecule has 1 saturated heterocycles. The van der Waals surface area contributed by atoms with Crippen molar-refractivity contribution in [3.8, 4) is 0 Å².